The van der Waals surface area contributed by atoms with Gasteiger partial charge in [-0.1, -0.05) is 39.1 Å². The van der Waals surface area contributed by atoms with E-state index in [1.165, 1.54) is 60.3 Å². The van der Waals surface area contributed by atoms with Gasteiger partial charge in [0.1, 0.15) is 11.5 Å². The van der Waals surface area contributed by atoms with Crippen LogP contribution in [-0.4, -0.2) is 31.2 Å². The van der Waals surface area contributed by atoms with Crippen molar-refractivity contribution in [2.24, 2.45) is 0 Å². The molecule has 0 aliphatic carbocycles. The molecule has 0 bridgehead atoms. The number of nitrogens with one attached hydrogen (secondary N) is 1. The molecule has 0 radical (unpaired) electrons. The standard InChI is InChI=1S/C24H18BrCl2N3O5S/c1-34-18-11-17(12-20(13-18)36(32,33)19-5-3-16(26)4-6-19)28-24(31)22-8-9-30(29-22)14-35-23-7-2-15(25)10-21(23)27/h2-13H,14H2,1H3,(H,28,31). The van der Waals surface area contributed by atoms with Crippen LogP contribution in [0.5, 0.6) is 11.5 Å². The van der Waals surface area contributed by atoms with Crippen molar-refractivity contribution in [3.8, 4) is 11.5 Å². The van der Waals surface area contributed by atoms with E-state index in [1.54, 1.807) is 24.4 Å². The minimum absolute atomic E-state index is 0.0251. The molecule has 186 valence electrons. The highest BCUT2D eigenvalue weighted by Crippen LogP contribution is 2.30. The number of benzene rings is 3. The summed E-state index contributed by atoms with van der Waals surface area (Å²) in [6.45, 7) is 0.0251. The van der Waals surface area contributed by atoms with Gasteiger partial charge in [0.05, 0.1) is 21.9 Å². The van der Waals surface area contributed by atoms with Gasteiger partial charge in [-0.15, -0.1) is 0 Å². The number of anilines is 1. The van der Waals surface area contributed by atoms with Crippen LogP contribution in [0.1, 0.15) is 10.5 Å². The number of nitrogens with zero attached hydrogens (tertiary/aromatic N) is 2. The third-order valence-electron chi connectivity index (χ3n) is 4.93. The lowest BCUT2D eigenvalue weighted by atomic mass is 10.3. The van der Waals surface area contributed by atoms with Gasteiger partial charge < -0.3 is 14.8 Å². The van der Waals surface area contributed by atoms with Crippen molar-refractivity contribution in [1.29, 1.82) is 0 Å². The van der Waals surface area contributed by atoms with Gasteiger partial charge in [-0.25, -0.2) is 13.1 Å². The van der Waals surface area contributed by atoms with Crippen molar-refractivity contribution in [1.82, 2.24) is 9.78 Å². The lowest BCUT2D eigenvalue weighted by Crippen LogP contribution is -2.15. The Balaban J connectivity index is 1.50. The molecule has 3 aromatic carbocycles. The average molecular weight is 611 g/mol. The van der Waals surface area contributed by atoms with Crippen molar-refractivity contribution < 1.29 is 22.7 Å². The maximum Gasteiger partial charge on any atom is 0.276 e. The van der Waals surface area contributed by atoms with Gasteiger partial charge in [0.15, 0.2) is 12.4 Å². The van der Waals surface area contributed by atoms with E-state index in [0.717, 1.165) is 4.47 Å². The first-order valence-electron chi connectivity index (χ1n) is 10.3. The summed E-state index contributed by atoms with van der Waals surface area (Å²) in [5.41, 5.74) is 0.324. The van der Waals surface area contributed by atoms with E-state index in [-0.39, 0.29) is 33.7 Å². The van der Waals surface area contributed by atoms with E-state index in [0.29, 0.717) is 15.8 Å². The highest BCUT2D eigenvalue weighted by Gasteiger charge is 2.20. The monoisotopic (exact) mass is 609 g/mol. The second kappa shape index (κ2) is 10.9. The Morgan fingerprint density at radius 3 is 2.47 bits per heavy atom. The Bertz CT molecular complexity index is 1530. The summed E-state index contributed by atoms with van der Waals surface area (Å²) in [7, 11) is -2.49. The molecule has 4 rings (SSSR count). The third-order valence-corrected chi connectivity index (χ3v) is 7.72. The topological polar surface area (TPSA) is 99.5 Å². The zero-order valence-corrected chi connectivity index (χ0v) is 22.5. The highest BCUT2D eigenvalue weighted by molar-refractivity contribution is 9.10. The second-order valence-electron chi connectivity index (χ2n) is 7.40. The molecule has 0 fully saturated rings. The zero-order chi connectivity index (χ0) is 25.9. The number of methoxy groups -OCH3 is 1. The van der Waals surface area contributed by atoms with Crippen LogP contribution in [0.4, 0.5) is 5.69 Å². The summed E-state index contributed by atoms with van der Waals surface area (Å²) >= 11 is 15.4. The van der Waals surface area contributed by atoms with Gasteiger partial charge in [0.25, 0.3) is 5.91 Å². The van der Waals surface area contributed by atoms with Gasteiger partial charge >= 0.3 is 0 Å². The molecule has 1 heterocycles. The molecule has 0 unspecified atom stereocenters. The molecule has 0 aliphatic rings. The number of hydrogen-bond donors (Lipinski definition) is 1. The molecule has 1 N–H and O–H groups in total. The molecule has 0 saturated carbocycles. The fourth-order valence-corrected chi connectivity index (χ4v) is 5.32. The van der Waals surface area contributed by atoms with Gasteiger partial charge in [-0.2, -0.15) is 5.10 Å². The van der Waals surface area contributed by atoms with Crippen molar-refractivity contribution in [2.75, 3.05) is 12.4 Å². The number of hydrogen-bond acceptors (Lipinski definition) is 6. The van der Waals surface area contributed by atoms with Gasteiger partial charge in [-0.05, 0) is 60.7 Å². The number of sulfone groups is 1. The van der Waals surface area contributed by atoms with E-state index in [9.17, 15) is 13.2 Å². The molecule has 36 heavy (non-hydrogen) atoms. The zero-order valence-electron chi connectivity index (χ0n) is 18.6. The normalized spacial score (nSPS) is 11.2. The van der Waals surface area contributed by atoms with Crippen LogP contribution in [0.3, 0.4) is 0 Å². The van der Waals surface area contributed by atoms with Gasteiger partial charge in [0.2, 0.25) is 9.84 Å². The largest absolute Gasteiger partial charge is 0.497 e. The third kappa shape index (κ3) is 6.01. The van der Waals surface area contributed by atoms with Crippen molar-refractivity contribution in [3.05, 3.63) is 93.1 Å². The van der Waals surface area contributed by atoms with Crippen molar-refractivity contribution in [2.45, 2.75) is 16.5 Å². The molecule has 1 aromatic heterocycles. The number of ether oxygens (including phenoxy) is 2. The first kappa shape index (κ1) is 26.0. The second-order valence-corrected chi connectivity index (χ2v) is 11.1. The number of halogens is 3. The van der Waals surface area contributed by atoms with E-state index < -0.39 is 15.7 Å². The number of rotatable bonds is 8. The summed E-state index contributed by atoms with van der Waals surface area (Å²) < 4.78 is 39.3. The lowest BCUT2D eigenvalue weighted by molar-refractivity contribution is 0.102. The van der Waals surface area contributed by atoms with Gasteiger partial charge in [0, 0.05) is 27.4 Å². The lowest BCUT2D eigenvalue weighted by Gasteiger charge is -2.11. The van der Waals surface area contributed by atoms with Crippen LogP contribution in [0.25, 0.3) is 0 Å². The highest BCUT2D eigenvalue weighted by atomic mass is 79.9. The molecule has 0 atom stereocenters. The molecule has 12 heteroatoms. The Kier molecular flexibility index (Phi) is 7.89. The predicted molar refractivity (Wildman–Crippen MR) is 140 cm³/mol. The van der Waals surface area contributed by atoms with Crippen LogP contribution < -0.4 is 14.8 Å². The number of amides is 1. The molecule has 0 aliphatic heterocycles. The number of aromatic nitrogens is 2. The first-order valence-corrected chi connectivity index (χ1v) is 13.3. The minimum Gasteiger partial charge on any atom is -0.497 e. The Morgan fingerprint density at radius 2 is 1.78 bits per heavy atom. The van der Waals surface area contributed by atoms with Crippen molar-refractivity contribution >= 4 is 60.6 Å². The van der Waals surface area contributed by atoms with E-state index in [1.807, 2.05) is 0 Å². The molecular formula is C24H18BrCl2N3O5S. The summed E-state index contributed by atoms with van der Waals surface area (Å²) in [5.74, 6) is 0.177. The summed E-state index contributed by atoms with van der Waals surface area (Å²) in [5, 5.41) is 7.71. The SMILES string of the molecule is COc1cc(NC(=O)c2ccn(COc3ccc(Br)cc3Cl)n2)cc(S(=O)(=O)c2ccc(Cl)cc2)c1. The van der Waals surface area contributed by atoms with Crippen LogP contribution in [0, 0.1) is 0 Å². The molecule has 0 spiro atoms. The van der Waals surface area contributed by atoms with Crippen LogP contribution in [-0.2, 0) is 16.6 Å². The maximum atomic E-state index is 13.1. The Labute approximate surface area is 225 Å². The van der Waals surface area contributed by atoms with Crippen LogP contribution in [0.15, 0.2) is 87.2 Å². The Morgan fingerprint density at radius 1 is 1.03 bits per heavy atom. The fraction of sp³-hybridized carbons (Fsp3) is 0.0833. The smallest absolute Gasteiger partial charge is 0.276 e. The molecule has 1 amide bonds. The van der Waals surface area contributed by atoms with E-state index in [4.69, 9.17) is 32.7 Å². The predicted octanol–water partition coefficient (Wildman–Crippen LogP) is 6.08. The maximum absolute atomic E-state index is 13.1. The summed E-state index contributed by atoms with van der Waals surface area (Å²) in [6.07, 6.45) is 1.57. The number of carbonyl (C=O) groups excluding carboxylic acids is 1. The first-order chi connectivity index (χ1) is 17.2. The fourth-order valence-electron chi connectivity index (χ4n) is 3.14. The molecule has 8 nitrogen and oxygen atoms in total. The van der Waals surface area contributed by atoms with Gasteiger partial charge in [-0.3, -0.25) is 4.79 Å². The quantitative estimate of drug-likeness (QED) is 0.259. The van der Waals surface area contributed by atoms with Crippen LogP contribution in [0.2, 0.25) is 10.0 Å². The summed E-state index contributed by atoms with van der Waals surface area (Å²) in [6, 6.07) is 16.7. The van der Waals surface area contributed by atoms with E-state index >= 15 is 0 Å². The number of carbonyl (C=O) groups is 1. The average Bonchev–Trinajstić information content (AvgIpc) is 3.33. The summed E-state index contributed by atoms with van der Waals surface area (Å²) in [4.78, 5) is 12.8. The van der Waals surface area contributed by atoms with Crippen molar-refractivity contribution in [3.63, 3.8) is 0 Å². The van der Waals surface area contributed by atoms with Crippen LogP contribution >= 0.6 is 39.1 Å². The molecular weight excluding hydrogens is 593 g/mol. The Hall–Kier alpha value is -3.05. The minimum atomic E-state index is -3.89. The molecule has 4 aromatic rings. The van der Waals surface area contributed by atoms with E-state index in [2.05, 4.69) is 26.3 Å². The molecule has 0 saturated heterocycles.